The number of hydrogen-bond acceptors (Lipinski definition) is 2. The minimum absolute atomic E-state index is 0.444. The van der Waals surface area contributed by atoms with Crippen molar-refractivity contribution in [3.63, 3.8) is 0 Å². The zero-order valence-corrected chi connectivity index (χ0v) is 14.0. The van der Waals surface area contributed by atoms with Crippen molar-refractivity contribution < 1.29 is 4.74 Å². The highest BCUT2D eigenvalue weighted by molar-refractivity contribution is 9.10. The van der Waals surface area contributed by atoms with Crippen molar-refractivity contribution in [2.24, 2.45) is 0 Å². The third-order valence-corrected chi connectivity index (χ3v) is 4.27. The number of rotatable bonds is 8. The van der Waals surface area contributed by atoms with Crippen molar-refractivity contribution in [1.29, 1.82) is 0 Å². The SMILES string of the molecule is COCCNCC(Cc1ccccc1)c1ccccc1Br. The molecule has 0 aromatic heterocycles. The van der Waals surface area contributed by atoms with Gasteiger partial charge in [0.2, 0.25) is 0 Å². The minimum atomic E-state index is 0.444. The van der Waals surface area contributed by atoms with Gasteiger partial charge < -0.3 is 10.1 Å². The molecule has 2 aromatic carbocycles. The Bertz CT molecular complexity index is 530. The molecule has 0 bridgehead atoms. The van der Waals surface area contributed by atoms with Crippen LogP contribution in [0.15, 0.2) is 59.1 Å². The average molecular weight is 348 g/mol. The molecule has 3 heteroatoms. The monoisotopic (exact) mass is 347 g/mol. The molecule has 1 atom stereocenters. The van der Waals surface area contributed by atoms with Crippen LogP contribution in [-0.2, 0) is 11.2 Å². The van der Waals surface area contributed by atoms with Crippen molar-refractivity contribution in [3.05, 3.63) is 70.2 Å². The Labute approximate surface area is 135 Å². The summed E-state index contributed by atoms with van der Waals surface area (Å²) in [4.78, 5) is 0. The number of halogens is 1. The molecule has 0 heterocycles. The van der Waals surface area contributed by atoms with Crippen LogP contribution in [0.4, 0.5) is 0 Å². The van der Waals surface area contributed by atoms with E-state index in [0.29, 0.717) is 5.92 Å². The van der Waals surface area contributed by atoms with Crippen LogP contribution in [0, 0.1) is 0 Å². The lowest BCUT2D eigenvalue weighted by Crippen LogP contribution is -2.26. The van der Waals surface area contributed by atoms with Crippen molar-refractivity contribution in [3.8, 4) is 0 Å². The van der Waals surface area contributed by atoms with Crippen molar-refractivity contribution >= 4 is 15.9 Å². The molecular weight excluding hydrogens is 326 g/mol. The molecule has 1 N–H and O–H groups in total. The van der Waals surface area contributed by atoms with Crippen LogP contribution in [0.25, 0.3) is 0 Å². The third kappa shape index (κ3) is 5.27. The Morgan fingerprint density at radius 3 is 2.48 bits per heavy atom. The largest absolute Gasteiger partial charge is 0.383 e. The van der Waals surface area contributed by atoms with Crippen LogP contribution in [-0.4, -0.2) is 26.8 Å². The molecule has 0 aliphatic heterocycles. The summed E-state index contributed by atoms with van der Waals surface area (Å²) in [5.74, 6) is 0.444. The summed E-state index contributed by atoms with van der Waals surface area (Å²) in [5.41, 5.74) is 2.72. The first-order valence-electron chi connectivity index (χ1n) is 7.29. The second-order valence-electron chi connectivity index (χ2n) is 5.11. The lowest BCUT2D eigenvalue weighted by atomic mass is 9.92. The number of nitrogens with one attached hydrogen (secondary N) is 1. The Morgan fingerprint density at radius 2 is 1.76 bits per heavy atom. The van der Waals surface area contributed by atoms with E-state index in [-0.39, 0.29) is 0 Å². The summed E-state index contributed by atoms with van der Waals surface area (Å²) in [6.45, 7) is 2.57. The van der Waals surface area contributed by atoms with Gasteiger partial charge in [-0.05, 0) is 23.6 Å². The fraction of sp³-hybridized carbons (Fsp3) is 0.333. The van der Waals surface area contributed by atoms with Crippen molar-refractivity contribution in [2.45, 2.75) is 12.3 Å². The predicted molar refractivity (Wildman–Crippen MR) is 91.8 cm³/mol. The Morgan fingerprint density at radius 1 is 1.05 bits per heavy atom. The molecule has 2 nitrogen and oxygen atoms in total. The molecule has 0 fully saturated rings. The fourth-order valence-corrected chi connectivity index (χ4v) is 3.06. The maximum atomic E-state index is 5.10. The third-order valence-electron chi connectivity index (χ3n) is 3.54. The van der Waals surface area contributed by atoms with Crippen LogP contribution in [0.5, 0.6) is 0 Å². The van der Waals surface area contributed by atoms with Gasteiger partial charge in [0.05, 0.1) is 6.61 Å². The summed E-state index contributed by atoms with van der Waals surface area (Å²) in [5, 5.41) is 3.49. The molecule has 112 valence electrons. The lowest BCUT2D eigenvalue weighted by molar-refractivity contribution is 0.199. The number of methoxy groups -OCH3 is 1. The number of hydrogen-bond donors (Lipinski definition) is 1. The lowest BCUT2D eigenvalue weighted by Gasteiger charge is -2.20. The van der Waals surface area contributed by atoms with Crippen LogP contribution in [0.1, 0.15) is 17.0 Å². The number of benzene rings is 2. The minimum Gasteiger partial charge on any atom is -0.383 e. The summed E-state index contributed by atoms with van der Waals surface area (Å²) in [6.07, 6.45) is 1.03. The van der Waals surface area contributed by atoms with E-state index < -0.39 is 0 Å². The smallest absolute Gasteiger partial charge is 0.0587 e. The first-order chi connectivity index (χ1) is 10.3. The summed E-state index contributed by atoms with van der Waals surface area (Å²) < 4.78 is 6.28. The van der Waals surface area contributed by atoms with Crippen molar-refractivity contribution in [1.82, 2.24) is 5.32 Å². The summed E-state index contributed by atoms with van der Waals surface area (Å²) >= 11 is 3.68. The molecule has 2 aromatic rings. The zero-order chi connectivity index (χ0) is 14.9. The Hall–Kier alpha value is -1.16. The standard InChI is InChI=1S/C18H22BrNO/c1-21-12-11-20-14-16(13-15-7-3-2-4-8-15)17-9-5-6-10-18(17)19/h2-10,16,20H,11-14H2,1H3. The molecule has 2 rings (SSSR count). The molecule has 0 amide bonds. The van der Waals surface area contributed by atoms with Crippen LogP contribution in [0.3, 0.4) is 0 Å². The van der Waals surface area contributed by atoms with Crippen LogP contribution < -0.4 is 5.32 Å². The van der Waals surface area contributed by atoms with Crippen LogP contribution >= 0.6 is 15.9 Å². The van der Waals surface area contributed by atoms with Gasteiger partial charge in [0.15, 0.2) is 0 Å². The van der Waals surface area contributed by atoms with Gasteiger partial charge in [-0.25, -0.2) is 0 Å². The molecule has 1 unspecified atom stereocenters. The van der Waals surface area contributed by atoms with E-state index in [0.717, 1.165) is 26.1 Å². The van der Waals surface area contributed by atoms with E-state index in [1.54, 1.807) is 7.11 Å². The van der Waals surface area contributed by atoms with Gasteiger partial charge in [0.25, 0.3) is 0 Å². The fourth-order valence-electron chi connectivity index (χ4n) is 2.45. The van der Waals surface area contributed by atoms with Gasteiger partial charge in [0, 0.05) is 30.6 Å². The van der Waals surface area contributed by atoms with Gasteiger partial charge >= 0.3 is 0 Å². The van der Waals surface area contributed by atoms with E-state index in [2.05, 4.69) is 75.8 Å². The van der Waals surface area contributed by atoms with E-state index in [9.17, 15) is 0 Å². The van der Waals surface area contributed by atoms with E-state index >= 15 is 0 Å². The second kappa shape index (κ2) is 8.98. The van der Waals surface area contributed by atoms with Gasteiger partial charge in [-0.1, -0.05) is 64.5 Å². The van der Waals surface area contributed by atoms with Gasteiger partial charge in [0.1, 0.15) is 0 Å². The molecular formula is C18H22BrNO. The van der Waals surface area contributed by atoms with E-state index in [4.69, 9.17) is 4.74 Å². The van der Waals surface area contributed by atoms with Gasteiger partial charge in [-0.2, -0.15) is 0 Å². The Balaban J connectivity index is 2.08. The average Bonchev–Trinajstić information content (AvgIpc) is 2.52. The molecule has 0 saturated heterocycles. The van der Waals surface area contributed by atoms with Gasteiger partial charge in [-0.3, -0.25) is 0 Å². The molecule has 0 spiro atoms. The predicted octanol–water partition coefficient (Wildman–Crippen LogP) is 4.01. The molecule has 0 radical (unpaired) electrons. The first kappa shape index (κ1) is 16.2. The summed E-state index contributed by atoms with van der Waals surface area (Å²) in [6, 6.07) is 19.1. The highest BCUT2D eigenvalue weighted by Gasteiger charge is 2.14. The molecule has 0 saturated carbocycles. The molecule has 0 aliphatic carbocycles. The normalized spacial score (nSPS) is 12.3. The van der Waals surface area contributed by atoms with Crippen LogP contribution in [0.2, 0.25) is 0 Å². The maximum absolute atomic E-state index is 5.10. The highest BCUT2D eigenvalue weighted by atomic mass is 79.9. The first-order valence-corrected chi connectivity index (χ1v) is 8.08. The highest BCUT2D eigenvalue weighted by Crippen LogP contribution is 2.27. The van der Waals surface area contributed by atoms with E-state index in [1.807, 2.05) is 0 Å². The second-order valence-corrected chi connectivity index (χ2v) is 5.96. The Kier molecular flexibility index (Phi) is 6.93. The quantitative estimate of drug-likeness (QED) is 0.728. The zero-order valence-electron chi connectivity index (χ0n) is 12.4. The van der Waals surface area contributed by atoms with Crippen molar-refractivity contribution in [2.75, 3.05) is 26.8 Å². The summed E-state index contributed by atoms with van der Waals surface area (Å²) in [7, 11) is 1.73. The topological polar surface area (TPSA) is 21.3 Å². The van der Waals surface area contributed by atoms with Gasteiger partial charge in [-0.15, -0.1) is 0 Å². The maximum Gasteiger partial charge on any atom is 0.0587 e. The van der Waals surface area contributed by atoms with E-state index in [1.165, 1.54) is 15.6 Å². The molecule has 0 aliphatic rings. The molecule has 21 heavy (non-hydrogen) atoms. The number of ether oxygens (including phenoxy) is 1.